The number of β-amino-alcohol motifs (C(OH)–C–C–N with tert-alkyl or cyclic N) is 1. The lowest BCUT2D eigenvalue weighted by Gasteiger charge is -2.24. The van der Waals surface area contributed by atoms with E-state index in [4.69, 9.17) is 4.74 Å². The van der Waals surface area contributed by atoms with Crippen LogP contribution in [0.2, 0.25) is 0 Å². The summed E-state index contributed by atoms with van der Waals surface area (Å²) in [6, 6.07) is 12.0. The average Bonchev–Trinajstić information content (AvgIpc) is 2.91. The molecule has 1 N–H and O–H groups in total. The first kappa shape index (κ1) is 16.0. The zero-order chi connectivity index (χ0) is 16.3. The van der Waals surface area contributed by atoms with Crippen LogP contribution < -0.4 is 4.74 Å². The Balaban J connectivity index is 1.55. The third-order valence-electron chi connectivity index (χ3n) is 4.45. The molecular weight excluding hydrogens is 288 g/mol. The van der Waals surface area contributed by atoms with Crippen LogP contribution >= 0.6 is 0 Å². The van der Waals surface area contributed by atoms with Gasteiger partial charge >= 0.3 is 0 Å². The van der Waals surface area contributed by atoms with Crippen LogP contribution in [-0.2, 0) is 6.54 Å². The molecule has 1 aromatic heterocycles. The molecule has 1 atom stereocenters. The Kier molecular flexibility index (Phi) is 4.64. The minimum atomic E-state index is -0.777. The van der Waals surface area contributed by atoms with Crippen molar-refractivity contribution in [2.45, 2.75) is 32.4 Å². The Hall–Kier alpha value is -1.91. The van der Waals surface area contributed by atoms with Crippen LogP contribution in [0.25, 0.3) is 0 Å². The SMILES string of the molecule is Cc1ccc(OC[C@]2(O)CCN(Cc3cccnc3C)C2)cc1. The number of aromatic nitrogens is 1. The second-order valence-electron chi connectivity index (χ2n) is 6.53. The summed E-state index contributed by atoms with van der Waals surface area (Å²) in [7, 11) is 0. The van der Waals surface area contributed by atoms with Crippen LogP contribution in [0, 0.1) is 13.8 Å². The summed E-state index contributed by atoms with van der Waals surface area (Å²) in [5, 5.41) is 10.7. The van der Waals surface area contributed by atoms with Crippen LogP contribution in [0.4, 0.5) is 0 Å². The van der Waals surface area contributed by atoms with Crippen molar-refractivity contribution < 1.29 is 9.84 Å². The van der Waals surface area contributed by atoms with E-state index < -0.39 is 5.60 Å². The van der Waals surface area contributed by atoms with E-state index in [1.54, 1.807) is 0 Å². The Morgan fingerprint density at radius 2 is 2.00 bits per heavy atom. The van der Waals surface area contributed by atoms with Crippen LogP contribution in [0.3, 0.4) is 0 Å². The van der Waals surface area contributed by atoms with Gasteiger partial charge in [-0.2, -0.15) is 0 Å². The van der Waals surface area contributed by atoms with Gasteiger partial charge < -0.3 is 9.84 Å². The minimum Gasteiger partial charge on any atom is -0.491 e. The summed E-state index contributed by atoms with van der Waals surface area (Å²) in [4.78, 5) is 6.59. The molecule has 122 valence electrons. The predicted molar refractivity (Wildman–Crippen MR) is 90.5 cm³/mol. The van der Waals surface area contributed by atoms with Gasteiger partial charge in [-0.1, -0.05) is 23.8 Å². The number of pyridine rings is 1. The van der Waals surface area contributed by atoms with Crippen molar-refractivity contribution in [1.82, 2.24) is 9.88 Å². The van der Waals surface area contributed by atoms with E-state index in [9.17, 15) is 5.11 Å². The number of aryl methyl sites for hydroxylation is 2. The smallest absolute Gasteiger partial charge is 0.119 e. The molecular formula is C19H24N2O2. The van der Waals surface area contributed by atoms with Gasteiger partial charge in [-0.05, 0) is 44.0 Å². The lowest BCUT2D eigenvalue weighted by Crippen LogP contribution is -2.39. The molecule has 2 aromatic rings. The van der Waals surface area contributed by atoms with E-state index in [1.807, 2.05) is 50.4 Å². The molecule has 3 rings (SSSR count). The lowest BCUT2D eigenvalue weighted by atomic mass is 10.1. The third kappa shape index (κ3) is 4.09. The zero-order valence-corrected chi connectivity index (χ0v) is 13.8. The molecule has 1 aliphatic rings. The quantitative estimate of drug-likeness (QED) is 0.922. The first-order valence-corrected chi connectivity index (χ1v) is 8.09. The summed E-state index contributed by atoms with van der Waals surface area (Å²) in [5.74, 6) is 0.811. The van der Waals surface area contributed by atoms with Gasteiger partial charge in [0, 0.05) is 31.5 Å². The second-order valence-corrected chi connectivity index (χ2v) is 6.53. The Labute approximate surface area is 137 Å². The van der Waals surface area contributed by atoms with E-state index in [2.05, 4.69) is 16.0 Å². The molecule has 1 fully saturated rings. The summed E-state index contributed by atoms with van der Waals surface area (Å²) in [5.41, 5.74) is 2.70. The first-order valence-electron chi connectivity index (χ1n) is 8.09. The molecule has 4 nitrogen and oxygen atoms in total. The van der Waals surface area contributed by atoms with Gasteiger partial charge in [0.25, 0.3) is 0 Å². The summed E-state index contributed by atoms with van der Waals surface area (Å²) < 4.78 is 5.78. The second kappa shape index (κ2) is 6.69. The van der Waals surface area contributed by atoms with Crippen molar-refractivity contribution in [2.75, 3.05) is 19.7 Å². The maximum absolute atomic E-state index is 10.7. The van der Waals surface area contributed by atoms with Crippen LogP contribution in [-0.4, -0.2) is 40.3 Å². The molecule has 2 heterocycles. The standard InChI is InChI=1S/C19H24N2O2/c1-15-5-7-18(8-6-15)23-14-19(22)9-11-21(13-19)12-17-4-3-10-20-16(17)2/h3-8,10,22H,9,11-14H2,1-2H3/t19-/m0/s1. The van der Waals surface area contributed by atoms with Gasteiger partial charge in [-0.3, -0.25) is 9.88 Å². The Morgan fingerprint density at radius 3 is 2.74 bits per heavy atom. The summed E-state index contributed by atoms with van der Waals surface area (Å²) in [6.07, 6.45) is 2.55. The fourth-order valence-corrected chi connectivity index (χ4v) is 2.97. The molecule has 0 spiro atoms. The number of rotatable bonds is 5. The largest absolute Gasteiger partial charge is 0.491 e. The molecule has 23 heavy (non-hydrogen) atoms. The van der Waals surface area contributed by atoms with Gasteiger partial charge in [-0.25, -0.2) is 0 Å². The minimum absolute atomic E-state index is 0.332. The molecule has 0 unspecified atom stereocenters. The van der Waals surface area contributed by atoms with Crippen molar-refractivity contribution in [2.24, 2.45) is 0 Å². The van der Waals surface area contributed by atoms with Crippen LogP contribution in [0.5, 0.6) is 5.75 Å². The predicted octanol–water partition coefficient (Wildman–Crippen LogP) is 2.71. The monoisotopic (exact) mass is 312 g/mol. The number of aliphatic hydroxyl groups is 1. The fourth-order valence-electron chi connectivity index (χ4n) is 2.97. The number of likely N-dealkylation sites (tertiary alicyclic amines) is 1. The summed E-state index contributed by atoms with van der Waals surface area (Å²) in [6.45, 7) is 6.74. The van der Waals surface area contributed by atoms with E-state index in [-0.39, 0.29) is 0 Å². The summed E-state index contributed by atoms with van der Waals surface area (Å²) >= 11 is 0. The van der Waals surface area contributed by atoms with Gasteiger partial charge in [-0.15, -0.1) is 0 Å². The molecule has 0 saturated carbocycles. The third-order valence-corrected chi connectivity index (χ3v) is 4.45. The van der Waals surface area contributed by atoms with E-state index in [0.29, 0.717) is 13.2 Å². The van der Waals surface area contributed by atoms with E-state index >= 15 is 0 Å². The highest BCUT2D eigenvalue weighted by molar-refractivity contribution is 5.26. The van der Waals surface area contributed by atoms with Gasteiger partial charge in [0.15, 0.2) is 0 Å². The first-order chi connectivity index (χ1) is 11.0. The number of ether oxygens (including phenoxy) is 1. The zero-order valence-electron chi connectivity index (χ0n) is 13.8. The Morgan fingerprint density at radius 1 is 1.22 bits per heavy atom. The maximum atomic E-state index is 10.7. The number of benzene rings is 1. The van der Waals surface area contributed by atoms with Crippen molar-refractivity contribution in [3.8, 4) is 5.75 Å². The van der Waals surface area contributed by atoms with Gasteiger partial charge in [0.2, 0.25) is 0 Å². The maximum Gasteiger partial charge on any atom is 0.119 e. The number of hydrogen-bond acceptors (Lipinski definition) is 4. The van der Waals surface area contributed by atoms with E-state index in [0.717, 1.165) is 31.0 Å². The van der Waals surface area contributed by atoms with Crippen molar-refractivity contribution in [3.05, 3.63) is 59.4 Å². The lowest BCUT2D eigenvalue weighted by molar-refractivity contribution is 0.00336. The molecule has 0 bridgehead atoms. The highest BCUT2D eigenvalue weighted by Crippen LogP contribution is 2.25. The number of nitrogens with zero attached hydrogens (tertiary/aromatic N) is 2. The van der Waals surface area contributed by atoms with Crippen LogP contribution in [0.15, 0.2) is 42.6 Å². The molecule has 1 aromatic carbocycles. The highest BCUT2D eigenvalue weighted by Gasteiger charge is 2.36. The Bertz CT molecular complexity index is 657. The van der Waals surface area contributed by atoms with Gasteiger partial charge in [0.05, 0.1) is 0 Å². The fraction of sp³-hybridized carbons (Fsp3) is 0.421. The molecule has 0 aliphatic carbocycles. The molecule has 4 heteroatoms. The highest BCUT2D eigenvalue weighted by atomic mass is 16.5. The molecule has 1 aliphatic heterocycles. The van der Waals surface area contributed by atoms with Crippen molar-refractivity contribution >= 4 is 0 Å². The number of hydrogen-bond donors (Lipinski definition) is 1. The molecule has 1 saturated heterocycles. The van der Waals surface area contributed by atoms with Gasteiger partial charge in [0.1, 0.15) is 18.0 Å². The van der Waals surface area contributed by atoms with E-state index in [1.165, 1.54) is 11.1 Å². The average molecular weight is 312 g/mol. The van der Waals surface area contributed by atoms with Crippen molar-refractivity contribution in [3.63, 3.8) is 0 Å². The van der Waals surface area contributed by atoms with Crippen molar-refractivity contribution in [1.29, 1.82) is 0 Å². The van der Waals surface area contributed by atoms with Crippen LogP contribution in [0.1, 0.15) is 23.2 Å². The molecule has 0 radical (unpaired) electrons. The topological polar surface area (TPSA) is 45.6 Å². The normalized spacial score (nSPS) is 21.5. The molecule has 0 amide bonds.